The lowest BCUT2D eigenvalue weighted by molar-refractivity contribution is -0.0209. The Kier molecular flexibility index (Phi) is 3.14. The molecule has 1 aromatic carbocycles. The van der Waals surface area contributed by atoms with Gasteiger partial charge >= 0.3 is 5.97 Å². The van der Waals surface area contributed by atoms with Crippen molar-refractivity contribution in [2.24, 2.45) is 0 Å². The van der Waals surface area contributed by atoms with Gasteiger partial charge in [0.15, 0.2) is 6.10 Å². The second kappa shape index (κ2) is 4.80. The van der Waals surface area contributed by atoms with Gasteiger partial charge in [0, 0.05) is 0 Å². The van der Waals surface area contributed by atoms with Crippen molar-refractivity contribution >= 4 is 5.97 Å². The molecule has 0 unspecified atom stereocenters. The first-order valence-corrected chi connectivity index (χ1v) is 6.06. The van der Waals surface area contributed by atoms with Gasteiger partial charge in [0.25, 0.3) is 0 Å². The molecule has 1 aromatic rings. The van der Waals surface area contributed by atoms with Crippen LogP contribution in [0.3, 0.4) is 0 Å². The first-order chi connectivity index (χ1) is 9.15. The molecule has 0 amide bonds. The lowest BCUT2D eigenvalue weighted by Gasteiger charge is -2.16. The lowest BCUT2D eigenvalue weighted by Crippen LogP contribution is -2.34. The minimum atomic E-state index is -0.664. The molecule has 6 nitrogen and oxygen atoms in total. The molecule has 0 radical (unpaired) electrons. The molecule has 0 saturated carbocycles. The first kappa shape index (κ1) is 12.4. The van der Waals surface area contributed by atoms with E-state index in [-0.39, 0.29) is 19.0 Å². The van der Waals surface area contributed by atoms with Crippen LogP contribution in [0.15, 0.2) is 24.3 Å². The minimum Gasteiger partial charge on any atom is -0.508 e. The van der Waals surface area contributed by atoms with Crippen LogP contribution < -0.4 is 0 Å². The number of benzene rings is 1. The van der Waals surface area contributed by atoms with E-state index in [9.17, 15) is 9.90 Å². The van der Waals surface area contributed by atoms with Crippen LogP contribution in [0, 0.1) is 0 Å². The highest BCUT2D eigenvalue weighted by molar-refractivity contribution is 5.89. The van der Waals surface area contributed by atoms with Gasteiger partial charge in [0.2, 0.25) is 0 Å². The van der Waals surface area contributed by atoms with Gasteiger partial charge < -0.3 is 24.4 Å². The maximum atomic E-state index is 11.9. The van der Waals surface area contributed by atoms with Gasteiger partial charge in [0.1, 0.15) is 24.1 Å². The third kappa shape index (κ3) is 2.30. The summed E-state index contributed by atoms with van der Waals surface area (Å²) < 4.78 is 16.0. The molecule has 2 fully saturated rings. The van der Waals surface area contributed by atoms with Gasteiger partial charge in [-0.15, -0.1) is 0 Å². The van der Waals surface area contributed by atoms with Gasteiger partial charge in [-0.05, 0) is 24.3 Å². The summed E-state index contributed by atoms with van der Waals surface area (Å²) in [7, 11) is 0. The predicted molar refractivity (Wildman–Crippen MR) is 62.8 cm³/mol. The minimum absolute atomic E-state index is 0.0862. The molecule has 2 heterocycles. The number of esters is 1. The van der Waals surface area contributed by atoms with Crippen molar-refractivity contribution in [1.82, 2.24) is 0 Å². The second-order valence-electron chi connectivity index (χ2n) is 4.65. The van der Waals surface area contributed by atoms with E-state index in [0.29, 0.717) is 5.56 Å². The molecule has 3 rings (SSSR count). The van der Waals surface area contributed by atoms with Gasteiger partial charge in [-0.1, -0.05) is 0 Å². The fraction of sp³-hybridized carbons (Fsp3) is 0.462. The van der Waals surface area contributed by atoms with Gasteiger partial charge in [0.05, 0.1) is 18.8 Å². The van der Waals surface area contributed by atoms with Crippen LogP contribution in [0.25, 0.3) is 0 Å². The molecule has 2 aliphatic rings. The SMILES string of the molecule is O=C(O[C@H]1CO[C@H]2[C@@H]1OC[C@@H]2O)c1ccc(O)cc1. The molecule has 102 valence electrons. The fourth-order valence-corrected chi connectivity index (χ4v) is 2.35. The van der Waals surface area contributed by atoms with E-state index in [1.165, 1.54) is 24.3 Å². The Labute approximate surface area is 109 Å². The quantitative estimate of drug-likeness (QED) is 0.737. The highest BCUT2D eigenvalue weighted by atomic mass is 16.6. The average Bonchev–Trinajstić information content (AvgIpc) is 2.95. The summed E-state index contributed by atoms with van der Waals surface area (Å²) in [6.45, 7) is 0.415. The topological polar surface area (TPSA) is 85.2 Å². The Morgan fingerprint density at radius 3 is 2.58 bits per heavy atom. The maximum absolute atomic E-state index is 11.9. The second-order valence-corrected chi connectivity index (χ2v) is 4.65. The van der Waals surface area contributed by atoms with Gasteiger partial charge in [-0.25, -0.2) is 4.79 Å². The molecule has 4 atom stereocenters. The molecular formula is C13H14O6. The lowest BCUT2D eigenvalue weighted by atomic mass is 10.1. The van der Waals surface area contributed by atoms with Crippen LogP contribution >= 0.6 is 0 Å². The van der Waals surface area contributed by atoms with E-state index >= 15 is 0 Å². The summed E-state index contributed by atoms with van der Waals surface area (Å²) in [5.41, 5.74) is 0.347. The van der Waals surface area contributed by atoms with Gasteiger partial charge in [-0.3, -0.25) is 0 Å². The van der Waals surface area contributed by atoms with Crippen molar-refractivity contribution in [2.45, 2.75) is 24.4 Å². The Morgan fingerprint density at radius 1 is 1.16 bits per heavy atom. The Hall–Kier alpha value is -1.63. The summed E-state index contributed by atoms with van der Waals surface area (Å²) in [5, 5.41) is 18.7. The molecule has 19 heavy (non-hydrogen) atoms. The number of rotatable bonds is 2. The van der Waals surface area contributed by atoms with E-state index in [2.05, 4.69) is 0 Å². The van der Waals surface area contributed by atoms with Crippen molar-refractivity contribution in [2.75, 3.05) is 13.2 Å². The molecule has 0 aliphatic carbocycles. The molecule has 2 aliphatic heterocycles. The third-order valence-electron chi connectivity index (χ3n) is 3.34. The number of phenolic OH excluding ortho intramolecular Hbond substituents is 1. The number of phenols is 1. The maximum Gasteiger partial charge on any atom is 0.338 e. The number of aliphatic hydroxyl groups is 1. The summed E-state index contributed by atoms with van der Waals surface area (Å²) in [5.74, 6) is -0.415. The number of aliphatic hydroxyl groups excluding tert-OH is 1. The summed E-state index contributed by atoms with van der Waals surface area (Å²) in [6.07, 6.45) is -2.00. The van der Waals surface area contributed by atoms with Crippen molar-refractivity contribution in [3.8, 4) is 5.75 Å². The molecule has 0 bridgehead atoms. The molecule has 0 aromatic heterocycles. The van der Waals surface area contributed by atoms with Gasteiger partial charge in [-0.2, -0.15) is 0 Å². The molecular weight excluding hydrogens is 252 g/mol. The average molecular weight is 266 g/mol. The van der Waals surface area contributed by atoms with Crippen LogP contribution in [0.1, 0.15) is 10.4 Å². The van der Waals surface area contributed by atoms with Crippen LogP contribution in [-0.2, 0) is 14.2 Å². The number of hydrogen-bond donors (Lipinski definition) is 2. The summed E-state index contributed by atoms with van der Waals surface area (Å²) in [6, 6.07) is 5.80. The number of fused-ring (bicyclic) bond motifs is 1. The summed E-state index contributed by atoms with van der Waals surface area (Å²) >= 11 is 0. The highest BCUT2D eigenvalue weighted by Crippen LogP contribution is 2.29. The van der Waals surface area contributed by atoms with Crippen molar-refractivity contribution in [3.05, 3.63) is 29.8 Å². The van der Waals surface area contributed by atoms with Crippen molar-refractivity contribution in [3.63, 3.8) is 0 Å². The molecule has 0 spiro atoms. The molecule has 6 heteroatoms. The van der Waals surface area contributed by atoms with E-state index < -0.39 is 30.4 Å². The van der Waals surface area contributed by atoms with Crippen molar-refractivity contribution in [1.29, 1.82) is 0 Å². The Bertz CT molecular complexity index is 471. The van der Waals surface area contributed by atoms with E-state index in [1.807, 2.05) is 0 Å². The van der Waals surface area contributed by atoms with E-state index in [0.717, 1.165) is 0 Å². The predicted octanol–water partition coefficient (Wildman–Crippen LogP) is 0.0761. The molecule has 2 N–H and O–H groups in total. The van der Waals surface area contributed by atoms with E-state index in [1.54, 1.807) is 0 Å². The standard InChI is InChI=1S/C13H14O6/c14-8-3-1-7(2-4-8)13(16)19-10-6-18-11-9(15)5-17-12(10)11/h1-4,9-12,14-15H,5-6H2/t9-,10-,11+,12+/m0/s1. The first-order valence-electron chi connectivity index (χ1n) is 6.06. The van der Waals surface area contributed by atoms with Crippen LogP contribution in [0.4, 0.5) is 0 Å². The van der Waals surface area contributed by atoms with Crippen LogP contribution in [0.5, 0.6) is 5.75 Å². The zero-order valence-corrected chi connectivity index (χ0v) is 10.1. The number of carbonyl (C=O) groups excluding carboxylic acids is 1. The Balaban J connectivity index is 1.66. The monoisotopic (exact) mass is 266 g/mol. The zero-order chi connectivity index (χ0) is 13.4. The number of aromatic hydroxyl groups is 1. The zero-order valence-electron chi connectivity index (χ0n) is 10.1. The number of hydrogen-bond acceptors (Lipinski definition) is 6. The van der Waals surface area contributed by atoms with Crippen LogP contribution in [0.2, 0.25) is 0 Å². The van der Waals surface area contributed by atoms with Crippen LogP contribution in [-0.4, -0.2) is 53.8 Å². The normalized spacial score (nSPS) is 33.1. The highest BCUT2D eigenvalue weighted by Gasteiger charge is 2.48. The number of ether oxygens (including phenoxy) is 3. The largest absolute Gasteiger partial charge is 0.508 e. The number of carbonyl (C=O) groups is 1. The fourth-order valence-electron chi connectivity index (χ4n) is 2.35. The Morgan fingerprint density at radius 2 is 1.84 bits per heavy atom. The van der Waals surface area contributed by atoms with E-state index in [4.69, 9.17) is 19.3 Å². The van der Waals surface area contributed by atoms with Crippen molar-refractivity contribution < 1.29 is 29.2 Å². The smallest absolute Gasteiger partial charge is 0.338 e. The third-order valence-corrected chi connectivity index (χ3v) is 3.34. The summed E-state index contributed by atoms with van der Waals surface area (Å²) in [4.78, 5) is 11.9. The molecule has 2 saturated heterocycles.